The summed E-state index contributed by atoms with van der Waals surface area (Å²) in [4.78, 5) is 6.82. The Hall–Kier alpha value is -0.810. The summed E-state index contributed by atoms with van der Waals surface area (Å²) in [5.74, 6) is 8.16. The van der Waals surface area contributed by atoms with E-state index in [4.69, 9.17) is 10.6 Å². The molecule has 2 atom stereocenters. The first-order valence-electron chi connectivity index (χ1n) is 6.60. The van der Waals surface area contributed by atoms with Crippen molar-refractivity contribution in [3.8, 4) is 0 Å². The van der Waals surface area contributed by atoms with Gasteiger partial charge in [-0.15, -0.1) is 0 Å². The molecule has 1 saturated carbocycles. The number of methoxy groups -OCH3 is 1. The zero-order valence-electron chi connectivity index (χ0n) is 10.7. The molecule has 0 aromatic heterocycles. The van der Waals surface area contributed by atoms with Gasteiger partial charge in [-0.05, 0) is 31.1 Å². The number of rotatable bonds is 4. The average Bonchev–Trinajstić information content (AvgIpc) is 2.89. The fourth-order valence-electron chi connectivity index (χ4n) is 3.04. The molecule has 0 radical (unpaired) electrons. The van der Waals surface area contributed by atoms with Crippen LogP contribution < -0.4 is 11.3 Å². The van der Waals surface area contributed by atoms with E-state index >= 15 is 0 Å². The molecule has 0 aromatic rings. The van der Waals surface area contributed by atoms with Gasteiger partial charge in [-0.2, -0.15) is 0 Å². The largest absolute Gasteiger partial charge is 0.385 e. The van der Waals surface area contributed by atoms with Crippen molar-refractivity contribution in [3.63, 3.8) is 0 Å². The number of aliphatic imine (C=N–C) groups is 1. The SMILES string of the molecule is COCCCN=C(NN)N1CC2CCCC2C1. The van der Waals surface area contributed by atoms with Crippen LogP contribution in [0.3, 0.4) is 0 Å². The Labute approximate surface area is 103 Å². The maximum absolute atomic E-state index is 5.56. The van der Waals surface area contributed by atoms with E-state index in [0.29, 0.717) is 0 Å². The minimum absolute atomic E-state index is 0.757. The van der Waals surface area contributed by atoms with E-state index in [1.165, 1.54) is 19.3 Å². The van der Waals surface area contributed by atoms with Crippen LogP contribution in [0.15, 0.2) is 4.99 Å². The first kappa shape index (κ1) is 12.6. The molecule has 2 aliphatic rings. The highest BCUT2D eigenvalue weighted by atomic mass is 16.5. The zero-order chi connectivity index (χ0) is 12.1. The Bertz CT molecular complexity index is 257. The quantitative estimate of drug-likeness (QED) is 0.248. The fraction of sp³-hybridized carbons (Fsp3) is 0.917. The third kappa shape index (κ3) is 3.10. The van der Waals surface area contributed by atoms with Crippen LogP contribution >= 0.6 is 0 Å². The van der Waals surface area contributed by atoms with Crippen LogP contribution in [0, 0.1) is 11.8 Å². The van der Waals surface area contributed by atoms with Gasteiger partial charge in [0.05, 0.1) is 0 Å². The standard InChI is InChI=1S/C12H24N4O/c1-17-7-3-6-14-12(15-13)16-8-10-4-2-5-11(10)9-16/h10-11H,2-9,13H2,1H3,(H,14,15). The van der Waals surface area contributed by atoms with Crippen LogP contribution in [0.5, 0.6) is 0 Å². The summed E-state index contributed by atoms with van der Waals surface area (Å²) < 4.78 is 5.01. The van der Waals surface area contributed by atoms with Gasteiger partial charge in [0.25, 0.3) is 0 Å². The third-order valence-corrected chi connectivity index (χ3v) is 3.92. The maximum Gasteiger partial charge on any atom is 0.208 e. The molecule has 1 saturated heterocycles. The molecule has 1 aliphatic heterocycles. The molecular formula is C12H24N4O. The van der Waals surface area contributed by atoms with E-state index in [0.717, 1.165) is 50.5 Å². The van der Waals surface area contributed by atoms with E-state index < -0.39 is 0 Å². The predicted octanol–water partition coefficient (Wildman–Crippen LogP) is 0.574. The Morgan fingerprint density at radius 1 is 1.41 bits per heavy atom. The molecule has 0 aromatic carbocycles. The lowest BCUT2D eigenvalue weighted by molar-refractivity contribution is 0.197. The van der Waals surface area contributed by atoms with Gasteiger partial charge in [0.2, 0.25) is 5.96 Å². The highest BCUT2D eigenvalue weighted by molar-refractivity contribution is 5.79. The van der Waals surface area contributed by atoms with Gasteiger partial charge in [-0.3, -0.25) is 10.4 Å². The average molecular weight is 240 g/mol. The van der Waals surface area contributed by atoms with E-state index in [1.54, 1.807) is 7.11 Å². The van der Waals surface area contributed by atoms with Crippen LogP contribution in [-0.4, -0.2) is 44.2 Å². The highest BCUT2D eigenvalue weighted by Crippen LogP contribution is 2.37. The molecule has 0 amide bonds. The molecule has 5 heteroatoms. The second-order valence-corrected chi connectivity index (χ2v) is 5.05. The van der Waals surface area contributed by atoms with E-state index in [1.807, 2.05) is 0 Å². The van der Waals surface area contributed by atoms with Gasteiger partial charge in [-0.25, -0.2) is 5.84 Å². The first-order valence-corrected chi connectivity index (χ1v) is 6.60. The van der Waals surface area contributed by atoms with Crippen molar-refractivity contribution in [3.05, 3.63) is 0 Å². The number of ether oxygens (including phenoxy) is 1. The monoisotopic (exact) mass is 240 g/mol. The lowest BCUT2D eigenvalue weighted by atomic mass is 10.0. The molecule has 1 aliphatic carbocycles. The van der Waals surface area contributed by atoms with Crippen molar-refractivity contribution >= 4 is 5.96 Å². The number of hydrogen-bond donors (Lipinski definition) is 2. The Morgan fingerprint density at radius 2 is 2.12 bits per heavy atom. The summed E-state index contributed by atoms with van der Waals surface area (Å²) in [7, 11) is 1.72. The normalized spacial score (nSPS) is 28.6. The number of hydrogen-bond acceptors (Lipinski definition) is 3. The second kappa shape index (κ2) is 6.21. The Morgan fingerprint density at radius 3 is 2.71 bits per heavy atom. The summed E-state index contributed by atoms with van der Waals surface area (Å²) in [6.07, 6.45) is 5.10. The molecule has 2 fully saturated rings. The topological polar surface area (TPSA) is 62.9 Å². The van der Waals surface area contributed by atoms with Crippen LogP contribution in [0.4, 0.5) is 0 Å². The molecule has 1 heterocycles. The Balaban J connectivity index is 1.82. The van der Waals surface area contributed by atoms with Crippen LogP contribution in [0.25, 0.3) is 0 Å². The van der Waals surface area contributed by atoms with Crippen LogP contribution in [-0.2, 0) is 4.74 Å². The van der Waals surface area contributed by atoms with E-state index in [9.17, 15) is 0 Å². The summed E-state index contributed by atoms with van der Waals surface area (Å²) in [5.41, 5.74) is 2.75. The molecule has 5 nitrogen and oxygen atoms in total. The molecule has 17 heavy (non-hydrogen) atoms. The van der Waals surface area contributed by atoms with Gasteiger partial charge in [0, 0.05) is 33.4 Å². The molecule has 98 valence electrons. The van der Waals surface area contributed by atoms with Crippen molar-refractivity contribution in [2.24, 2.45) is 22.7 Å². The minimum atomic E-state index is 0.757. The number of guanidine groups is 1. The fourth-order valence-corrected chi connectivity index (χ4v) is 3.04. The third-order valence-electron chi connectivity index (χ3n) is 3.92. The summed E-state index contributed by atoms with van der Waals surface area (Å²) in [6.45, 7) is 3.78. The van der Waals surface area contributed by atoms with Gasteiger partial charge in [-0.1, -0.05) is 6.42 Å². The first-order chi connectivity index (χ1) is 8.35. The van der Waals surface area contributed by atoms with Gasteiger partial charge in [0.15, 0.2) is 0 Å². The molecule has 0 spiro atoms. The Kier molecular flexibility index (Phi) is 4.62. The number of nitrogens with two attached hydrogens (primary N) is 1. The minimum Gasteiger partial charge on any atom is -0.385 e. The summed E-state index contributed by atoms with van der Waals surface area (Å²) in [6, 6.07) is 0. The smallest absolute Gasteiger partial charge is 0.208 e. The lowest BCUT2D eigenvalue weighted by Crippen LogP contribution is -2.44. The second-order valence-electron chi connectivity index (χ2n) is 5.05. The van der Waals surface area contributed by atoms with Gasteiger partial charge in [0.1, 0.15) is 0 Å². The molecular weight excluding hydrogens is 216 g/mol. The van der Waals surface area contributed by atoms with E-state index in [2.05, 4.69) is 15.3 Å². The lowest BCUT2D eigenvalue weighted by Gasteiger charge is -2.20. The van der Waals surface area contributed by atoms with Crippen molar-refractivity contribution in [1.82, 2.24) is 10.3 Å². The molecule has 0 bridgehead atoms. The van der Waals surface area contributed by atoms with Crippen molar-refractivity contribution in [1.29, 1.82) is 0 Å². The van der Waals surface area contributed by atoms with E-state index in [-0.39, 0.29) is 0 Å². The molecule has 2 rings (SSSR count). The summed E-state index contributed by atoms with van der Waals surface area (Å²) >= 11 is 0. The predicted molar refractivity (Wildman–Crippen MR) is 68.5 cm³/mol. The van der Waals surface area contributed by atoms with Crippen molar-refractivity contribution < 1.29 is 4.74 Å². The van der Waals surface area contributed by atoms with Gasteiger partial charge >= 0.3 is 0 Å². The van der Waals surface area contributed by atoms with Gasteiger partial charge < -0.3 is 9.64 Å². The number of likely N-dealkylation sites (tertiary alicyclic amines) is 1. The van der Waals surface area contributed by atoms with Crippen LogP contribution in [0.1, 0.15) is 25.7 Å². The number of hydrazine groups is 1. The number of nitrogens with zero attached hydrogens (tertiary/aromatic N) is 2. The van der Waals surface area contributed by atoms with Crippen molar-refractivity contribution in [2.75, 3.05) is 33.4 Å². The van der Waals surface area contributed by atoms with Crippen molar-refractivity contribution in [2.45, 2.75) is 25.7 Å². The summed E-state index contributed by atoms with van der Waals surface area (Å²) in [5, 5.41) is 0. The molecule has 2 unspecified atom stereocenters. The van der Waals surface area contributed by atoms with Crippen LogP contribution in [0.2, 0.25) is 0 Å². The highest BCUT2D eigenvalue weighted by Gasteiger charge is 2.37. The molecule has 3 N–H and O–H groups in total. The zero-order valence-corrected chi connectivity index (χ0v) is 10.7. The number of nitrogens with one attached hydrogen (secondary N) is 1. The maximum atomic E-state index is 5.56. The number of fused-ring (bicyclic) bond motifs is 1.